The molecule has 0 atom stereocenters. The third-order valence-corrected chi connectivity index (χ3v) is 6.29. The monoisotopic (exact) mass is 443 g/mol. The van der Waals surface area contributed by atoms with Crippen molar-refractivity contribution < 1.29 is 9.18 Å². The number of aromatic nitrogens is 1. The van der Waals surface area contributed by atoms with Crippen molar-refractivity contribution in [1.82, 2.24) is 9.58 Å². The van der Waals surface area contributed by atoms with Crippen LogP contribution in [0.3, 0.4) is 0 Å². The first-order valence-corrected chi connectivity index (χ1v) is 10.7. The van der Waals surface area contributed by atoms with Crippen molar-refractivity contribution in [3.05, 3.63) is 94.6 Å². The fourth-order valence-electron chi connectivity index (χ4n) is 3.77. The molecule has 1 aromatic heterocycles. The smallest absolute Gasteiger partial charge is 0.283 e. The third-order valence-electron chi connectivity index (χ3n) is 5.33. The Hall–Kier alpha value is -3.78. The highest BCUT2D eigenvalue weighted by Crippen LogP contribution is 2.31. The van der Waals surface area contributed by atoms with Crippen molar-refractivity contribution in [3.8, 4) is 5.69 Å². The van der Waals surface area contributed by atoms with Crippen LogP contribution < -0.4 is 0 Å². The molecule has 8 heteroatoms. The van der Waals surface area contributed by atoms with Gasteiger partial charge in [-0.25, -0.2) is 4.39 Å². The van der Waals surface area contributed by atoms with E-state index in [1.807, 2.05) is 54.8 Å². The predicted molar refractivity (Wildman–Crippen MR) is 126 cm³/mol. The van der Waals surface area contributed by atoms with Gasteiger partial charge in [0, 0.05) is 22.6 Å². The average molecular weight is 444 g/mol. The molecule has 0 saturated carbocycles. The molecule has 2 aromatic carbocycles. The van der Waals surface area contributed by atoms with E-state index in [9.17, 15) is 9.18 Å². The summed E-state index contributed by atoms with van der Waals surface area (Å²) < 4.78 is 15.3. The summed E-state index contributed by atoms with van der Waals surface area (Å²) in [5.74, 6) is -0.776. The second-order valence-corrected chi connectivity index (χ2v) is 8.39. The molecule has 1 N–H and O–H groups in total. The van der Waals surface area contributed by atoms with Gasteiger partial charge in [0.15, 0.2) is 5.84 Å². The minimum Gasteiger partial charge on any atom is -0.318 e. The summed E-state index contributed by atoms with van der Waals surface area (Å²) in [6, 6.07) is 17.8. The zero-order valence-electron chi connectivity index (χ0n) is 17.3. The second kappa shape index (κ2) is 7.72. The number of hydrogen-bond acceptors (Lipinski definition) is 4. The second-order valence-electron chi connectivity index (χ2n) is 7.43. The van der Waals surface area contributed by atoms with Gasteiger partial charge in [0.2, 0.25) is 5.17 Å². The van der Waals surface area contributed by atoms with Crippen LogP contribution in [0, 0.1) is 25.1 Å². The molecule has 0 radical (unpaired) electrons. The molecule has 6 nitrogen and oxygen atoms in total. The number of carbonyl (C=O) groups excluding carboxylic acids is 1. The van der Waals surface area contributed by atoms with Gasteiger partial charge in [0.05, 0.1) is 5.57 Å². The molecule has 2 aliphatic heterocycles. The van der Waals surface area contributed by atoms with Crippen LogP contribution in [0.4, 0.5) is 4.39 Å². The summed E-state index contributed by atoms with van der Waals surface area (Å²) in [5.41, 5.74) is 4.50. The van der Waals surface area contributed by atoms with E-state index in [0.717, 1.165) is 28.2 Å². The summed E-state index contributed by atoms with van der Waals surface area (Å²) in [4.78, 5) is 16.9. The van der Waals surface area contributed by atoms with E-state index < -0.39 is 5.91 Å². The van der Waals surface area contributed by atoms with Gasteiger partial charge in [-0.3, -0.25) is 10.2 Å². The number of thioether (sulfide) groups is 1. The Morgan fingerprint density at radius 1 is 1.06 bits per heavy atom. The summed E-state index contributed by atoms with van der Waals surface area (Å²) >= 11 is 1.27. The Labute approximate surface area is 188 Å². The number of benzene rings is 2. The lowest BCUT2D eigenvalue weighted by Crippen LogP contribution is -2.35. The van der Waals surface area contributed by atoms with Gasteiger partial charge in [-0.15, -0.1) is 0 Å². The summed E-state index contributed by atoms with van der Waals surface area (Å²) in [5, 5.41) is 15.6. The van der Waals surface area contributed by atoms with Crippen LogP contribution in [0.15, 0.2) is 76.3 Å². The topological polar surface area (TPSA) is 73.8 Å². The van der Waals surface area contributed by atoms with E-state index in [1.165, 1.54) is 28.9 Å². The average Bonchev–Trinajstić information content (AvgIpc) is 3.33. The first-order valence-electron chi connectivity index (χ1n) is 9.93. The predicted octanol–water partition coefficient (Wildman–Crippen LogP) is 4.90. The van der Waals surface area contributed by atoms with E-state index in [1.54, 1.807) is 18.2 Å². The normalized spacial score (nSPS) is 17.0. The van der Waals surface area contributed by atoms with Crippen LogP contribution in [0.1, 0.15) is 22.5 Å². The third kappa shape index (κ3) is 3.38. The molecule has 2 aliphatic rings. The highest BCUT2D eigenvalue weighted by atomic mass is 32.2. The quantitative estimate of drug-likeness (QED) is 0.585. The number of nitrogens with zero attached hydrogens (tertiary/aromatic N) is 4. The molecule has 3 aromatic rings. The van der Waals surface area contributed by atoms with E-state index in [0.29, 0.717) is 10.2 Å². The fourth-order valence-corrected chi connectivity index (χ4v) is 4.66. The van der Waals surface area contributed by atoms with Gasteiger partial charge in [0.25, 0.3) is 5.91 Å². The molecule has 0 aliphatic carbocycles. The summed E-state index contributed by atoms with van der Waals surface area (Å²) in [7, 11) is 0. The van der Waals surface area contributed by atoms with Gasteiger partial charge in [0.1, 0.15) is 10.9 Å². The Kier molecular flexibility index (Phi) is 4.86. The summed E-state index contributed by atoms with van der Waals surface area (Å²) in [6.07, 6.45) is 1.67. The number of aryl methyl sites for hydroxylation is 1. The summed E-state index contributed by atoms with van der Waals surface area (Å²) in [6.45, 7) is 3.86. The Morgan fingerprint density at radius 2 is 1.78 bits per heavy atom. The largest absolute Gasteiger partial charge is 0.318 e. The van der Waals surface area contributed by atoms with Gasteiger partial charge in [-0.05, 0) is 67.6 Å². The molecule has 0 saturated heterocycles. The van der Waals surface area contributed by atoms with Crippen molar-refractivity contribution in [2.75, 3.05) is 0 Å². The molecule has 0 fully saturated rings. The SMILES string of the molecule is Cc1cc(C=C2C(=N)N3N=C(c4ccccc4)SC3=NC2=O)c(C)n1-c1ccc(F)cc1. The first-order chi connectivity index (χ1) is 15.4. The van der Waals surface area contributed by atoms with Crippen LogP contribution in [0.5, 0.6) is 0 Å². The maximum absolute atomic E-state index is 13.3. The lowest BCUT2D eigenvalue weighted by molar-refractivity contribution is -0.114. The van der Waals surface area contributed by atoms with E-state index in [-0.39, 0.29) is 17.2 Å². The molecular weight excluding hydrogens is 425 g/mol. The Balaban J connectivity index is 1.51. The van der Waals surface area contributed by atoms with Crippen molar-refractivity contribution in [2.24, 2.45) is 10.1 Å². The molecule has 3 heterocycles. The van der Waals surface area contributed by atoms with E-state index in [2.05, 4.69) is 10.1 Å². The van der Waals surface area contributed by atoms with Crippen molar-refractivity contribution in [3.63, 3.8) is 0 Å². The molecule has 1 amide bonds. The molecule has 32 heavy (non-hydrogen) atoms. The number of hydrogen-bond donors (Lipinski definition) is 1. The number of aliphatic imine (C=N–C) groups is 1. The highest BCUT2D eigenvalue weighted by Gasteiger charge is 2.36. The Bertz CT molecular complexity index is 1350. The minimum atomic E-state index is -0.468. The van der Waals surface area contributed by atoms with Gasteiger partial charge < -0.3 is 4.57 Å². The zero-order valence-corrected chi connectivity index (χ0v) is 18.2. The number of amidine groups is 2. The van der Waals surface area contributed by atoms with Crippen molar-refractivity contribution >= 4 is 39.8 Å². The standard InChI is InChI=1S/C24H18FN5OS/c1-14-12-17(15(2)29(14)19-10-8-18(25)9-11-19)13-20-21(26)30-24(27-22(20)31)32-23(28-30)16-6-4-3-5-7-16/h3-13,26H,1-2H3. The minimum absolute atomic E-state index is 0.00924. The molecule has 0 bridgehead atoms. The first kappa shape index (κ1) is 20.1. The molecule has 5 rings (SSSR count). The number of rotatable bonds is 3. The van der Waals surface area contributed by atoms with Crippen molar-refractivity contribution in [1.29, 1.82) is 5.41 Å². The van der Waals surface area contributed by atoms with Crippen LogP contribution >= 0.6 is 11.8 Å². The number of amides is 1. The molecule has 158 valence electrons. The number of fused-ring (bicyclic) bond motifs is 1. The van der Waals surface area contributed by atoms with Crippen LogP contribution in [-0.4, -0.2) is 31.5 Å². The lowest BCUT2D eigenvalue weighted by atomic mass is 10.1. The molecule has 0 unspecified atom stereocenters. The van der Waals surface area contributed by atoms with Crippen molar-refractivity contribution in [2.45, 2.75) is 13.8 Å². The molecule has 0 spiro atoms. The molecular formula is C24H18FN5OS. The highest BCUT2D eigenvalue weighted by molar-refractivity contribution is 8.27. The Morgan fingerprint density at radius 3 is 2.50 bits per heavy atom. The maximum atomic E-state index is 13.3. The van der Waals surface area contributed by atoms with Gasteiger partial charge >= 0.3 is 0 Å². The fraction of sp³-hybridized carbons (Fsp3) is 0.0833. The van der Waals surface area contributed by atoms with Crippen LogP contribution in [0.25, 0.3) is 11.8 Å². The zero-order chi connectivity index (χ0) is 22.4. The van der Waals surface area contributed by atoms with E-state index >= 15 is 0 Å². The number of nitrogens with one attached hydrogen (secondary N) is 1. The number of halogens is 1. The van der Waals surface area contributed by atoms with Gasteiger partial charge in [-0.2, -0.15) is 15.1 Å². The van der Waals surface area contributed by atoms with Crippen LogP contribution in [0.2, 0.25) is 0 Å². The lowest BCUT2D eigenvalue weighted by Gasteiger charge is -2.20. The van der Waals surface area contributed by atoms with E-state index in [4.69, 9.17) is 5.41 Å². The maximum Gasteiger partial charge on any atom is 0.283 e. The van der Waals surface area contributed by atoms with Crippen LogP contribution in [-0.2, 0) is 4.79 Å². The van der Waals surface area contributed by atoms with Gasteiger partial charge in [-0.1, -0.05) is 30.3 Å². The number of hydrazone groups is 1. The number of carbonyl (C=O) groups is 1.